The van der Waals surface area contributed by atoms with Gasteiger partial charge in [0.2, 0.25) is 0 Å². The normalized spacial score (nSPS) is 13.1. The number of nitrogens with zero attached hydrogens (tertiary/aromatic N) is 1. The van der Waals surface area contributed by atoms with Gasteiger partial charge in [-0.1, -0.05) is 153 Å². The van der Waals surface area contributed by atoms with Gasteiger partial charge in [0.25, 0.3) is 0 Å². The van der Waals surface area contributed by atoms with Gasteiger partial charge in [-0.25, -0.2) is 0 Å². The summed E-state index contributed by atoms with van der Waals surface area (Å²) in [7, 11) is 0. The molecule has 1 heterocycles. The van der Waals surface area contributed by atoms with E-state index in [0.29, 0.717) is 0 Å². The van der Waals surface area contributed by atoms with E-state index in [0.717, 1.165) is 50.1 Å². The van der Waals surface area contributed by atoms with Crippen LogP contribution in [0.3, 0.4) is 0 Å². The molecule has 0 saturated heterocycles. The van der Waals surface area contributed by atoms with Crippen molar-refractivity contribution in [1.82, 2.24) is 0 Å². The molecule has 10 aromatic rings. The Morgan fingerprint density at radius 1 is 0.400 bits per heavy atom. The predicted octanol–water partition coefficient (Wildman–Crippen LogP) is 15.0. The van der Waals surface area contributed by atoms with Gasteiger partial charge >= 0.3 is 0 Å². The van der Waals surface area contributed by atoms with E-state index in [9.17, 15) is 0 Å². The molecule has 11 rings (SSSR count). The third-order valence-corrected chi connectivity index (χ3v) is 11.8. The summed E-state index contributed by atoms with van der Waals surface area (Å²) in [5.41, 5.74) is 15.1. The third kappa shape index (κ3) is 4.88. The zero-order valence-electron chi connectivity index (χ0n) is 30.8. The van der Waals surface area contributed by atoms with Crippen LogP contribution in [-0.2, 0) is 5.41 Å². The second-order valence-electron chi connectivity index (χ2n) is 15.3. The van der Waals surface area contributed by atoms with Crippen molar-refractivity contribution in [2.45, 2.75) is 19.3 Å². The lowest BCUT2D eigenvalue weighted by Crippen LogP contribution is -2.16. The van der Waals surface area contributed by atoms with Crippen molar-refractivity contribution in [3.8, 4) is 33.4 Å². The van der Waals surface area contributed by atoms with Crippen molar-refractivity contribution in [2.24, 2.45) is 0 Å². The largest absolute Gasteiger partial charge is 0.456 e. The molecular weight excluding hydrogens is 667 g/mol. The second kappa shape index (κ2) is 12.1. The van der Waals surface area contributed by atoms with Crippen LogP contribution in [0, 0.1) is 0 Å². The van der Waals surface area contributed by atoms with E-state index < -0.39 is 0 Å². The summed E-state index contributed by atoms with van der Waals surface area (Å²) in [4.78, 5) is 2.44. The maximum absolute atomic E-state index is 6.57. The Balaban J connectivity index is 1.13. The Morgan fingerprint density at radius 3 is 1.87 bits per heavy atom. The quantitative estimate of drug-likeness (QED) is 0.177. The summed E-state index contributed by atoms with van der Waals surface area (Å²) < 4.78 is 6.57. The fourth-order valence-electron chi connectivity index (χ4n) is 9.16. The van der Waals surface area contributed by atoms with Crippen LogP contribution in [0.15, 0.2) is 192 Å². The summed E-state index contributed by atoms with van der Waals surface area (Å²) in [6.45, 7) is 4.71. The molecule has 1 aliphatic rings. The van der Waals surface area contributed by atoms with E-state index in [1.165, 1.54) is 54.9 Å². The standard InChI is InChI=1S/C53H37NO/c1-53(2)47-22-9-7-18-42(47)43-30-29-39(33-48(43)53)54(38-27-25-35(26-28-38)41-20-11-16-34-13-5-6-17-40(34)41)49-23-10-8-19-44(49)45-21-12-24-50-52(45)46-31-36-14-3-4-15-37(36)32-51(46)55-50/h3-33H,1-2H3. The highest BCUT2D eigenvalue weighted by atomic mass is 16.3. The first kappa shape index (κ1) is 31.6. The zero-order chi connectivity index (χ0) is 36.7. The summed E-state index contributed by atoms with van der Waals surface area (Å²) in [6, 6.07) is 68.5. The van der Waals surface area contributed by atoms with Gasteiger partial charge < -0.3 is 9.32 Å². The maximum atomic E-state index is 6.57. The topological polar surface area (TPSA) is 16.4 Å². The molecule has 0 spiro atoms. The molecule has 55 heavy (non-hydrogen) atoms. The van der Waals surface area contributed by atoms with Crippen LogP contribution >= 0.6 is 0 Å². The average molecular weight is 704 g/mol. The van der Waals surface area contributed by atoms with Crippen molar-refractivity contribution in [2.75, 3.05) is 4.90 Å². The van der Waals surface area contributed by atoms with Gasteiger partial charge in [0, 0.05) is 33.1 Å². The highest BCUT2D eigenvalue weighted by Gasteiger charge is 2.36. The lowest BCUT2D eigenvalue weighted by atomic mass is 9.82. The zero-order valence-corrected chi connectivity index (χ0v) is 30.8. The number of anilines is 3. The number of para-hydroxylation sites is 1. The van der Waals surface area contributed by atoms with Gasteiger partial charge in [0.15, 0.2) is 0 Å². The number of hydrogen-bond acceptors (Lipinski definition) is 2. The molecule has 2 heteroatoms. The van der Waals surface area contributed by atoms with Crippen LogP contribution in [0.4, 0.5) is 17.1 Å². The minimum Gasteiger partial charge on any atom is -0.456 e. The smallest absolute Gasteiger partial charge is 0.136 e. The Labute approximate surface area is 320 Å². The van der Waals surface area contributed by atoms with Gasteiger partial charge in [0.05, 0.1) is 5.69 Å². The van der Waals surface area contributed by atoms with Crippen LogP contribution in [0.25, 0.3) is 76.9 Å². The fraction of sp³-hybridized carbons (Fsp3) is 0.0566. The number of benzene rings is 9. The third-order valence-electron chi connectivity index (χ3n) is 11.8. The molecule has 9 aromatic carbocycles. The molecule has 260 valence electrons. The Hall–Kier alpha value is -6.90. The van der Waals surface area contributed by atoms with Crippen molar-refractivity contribution in [3.05, 3.63) is 199 Å². The van der Waals surface area contributed by atoms with Gasteiger partial charge in [0.1, 0.15) is 11.2 Å². The molecule has 1 aliphatic carbocycles. The SMILES string of the molecule is CC1(C)c2ccccc2-c2ccc(N(c3ccc(-c4cccc5ccccc45)cc3)c3ccccc3-c3cccc4oc5cc6ccccc6cc5c34)cc21. The highest BCUT2D eigenvalue weighted by Crippen LogP contribution is 2.52. The minimum atomic E-state index is -0.130. The molecule has 0 atom stereocenters. The van der Waals surface area contributed by atoms with Crippen LogP contribution in [0.5, 0.6) is 0 Å². The molecule has 0 amide bonds. The first-order valence-electron chi connectivity index (χ1n) is 19.1. The van der Waals surface area contributed by atoms with E-state index in [-0.39, 0.29) is 5.41 Å². The molecule has 0 saturated carbocycles. The van der Waals surface area contributed by atoms with E-state index in [4.69, 9.17) is 4.42 Å². The lowest BCUT2D eigenvalue weighted by molar-refractivity contribution is 0.660. The molecule has 0 N–H and O–H groups in total. The summed E-state index contributed by atoms with van der Waals surface area (Å²) in [5, 5.41) is 7.14. The monoisotopic (exact) mass is 703 g/mol. The van der Waals surface area contributed by atoms with E-state index in [2.05, 4.69) is 207 Å². The highest BCUT2D eigenvalue weighted by molar-refractivity contribution is 6.16. The average Bonchev–Trinajstić information content (AvgIpc) is 3.71. The first-order valence-corrected chi connectivity index (χ1v) is 19.1. The maximum Gasteiger partial charge on any atom is 0.136 e. The van der Waals surface area contributed by atoms with E-state index in [1.807, 2.05) is 0 Å². The molecule has 0 unspecified atom stereocenters. The predicted molar refractivity (Wildman–Crippen MR) is 232 cm³/mol. The molecule has 1 aromatic heterocycles. The van der Waals surface area contributed by atoms with Crippen LogP contribution in [0.1, 0.15) is 25.0 Å². The molecular formula is C53H37NO. The summed E-state index contributed by atoms with van der Waals surface area (Å²) >= 11 is 0. The van der Waals surface area contributed by atoms with Crippen molar-refractivity contribution in [3.63, 3.8) is 0 Å². The van der Waals surface area contributed by atoms with Gasteiger partial charge in [-0.15, -0.1) is 0 Å². The number of fused-ring (bicyclic) bond motifs is 8. The molecule has 2 nitrogen and oxygen atoms in total. The van der Waals surface area contributed by atoms with E-state index in [1.54, 1.807) is 0 Å². The van der Waals surface area contributed by atoms with Crippen LogP contribution < -0.4 is 4.90 Å². The van der Waals surface area contributed by atoms with Crippen LogP contribution in [0.2, 0.25) is 0 Å². The molecule has 0 radical (unpaired) electrons. The lowest BCUT2D eigenvalue weighted by Gasteiger charge is -2.30. The van der Waals surface area contributed by atoms with Gasteiger partial charge in [-0.05, 0) is 109 Å². The Kier molecular flexibility index (Phi) is 6.93. The minimum absolute atomic E-state index is 0.130. The number of rotatable bonds is 5. The van der Waals surface area contributed by atoms with Crippen LogP contribution in [-0.4, -0.2) is 0 Å². The summed E-state index contributed by atoms with van der Waals surface area (Å²) in [5.74, 6) is 0. The van der Waals surface area contributed by atoms with E-state index >= 15 is 0 Å². The van der Waals surface area contributed by atoms with Crippen molar-refractivity contribution >= 4 is 60.5 Å². The van der Waals surface area contributed by atoms with Crippen molar-refractivity contribution < 1.29 is 4.42 Å². The summed E-state index contributed by atoms with van der Waals surface area (Å²) in [6.07, 6.45) is 0. The van der Waals surface area contributed by atoms with Gasteiger partial charge in [-0.2, -0.15) is 0 Å². The van der Waals surface area contributed by atoms with Gasteiger partial charge in [-0.3, -0.25) is 0 Å². The second-order valence-corrected chi connectivity index (χ2v) is 15.3. The number of hydrogen-bond donors (Lipinski definition) is 0. The Bertz CT molecular complexity index is 3120. The first-order chi connectivity index (χ1) is 27.0. The number of furan rings is 1. The van der Waals surface area contributed by atoms with Crippen molar-refractivity contribution in [1.29, 1.82) is 0 Å². The molecule has 0 fully saturated rings. The molecule has 0 bridgehead atoms. The molecule has 0 aliphatic heterocycles. The fourth-order valence-corrected chi connectivity index (χ4v) is 9.16. The Morgan fingerprint density at radius 2 is 1.02 bits per heavy atom.